The molecule has 162 valence electrons. The van der Waals surface area contributed by atoms with Gasteiger partial charge in [0.15, 0.2) is 5.72 Å². The molecule has 0 aliphatic carbocycles. The fourth-order valence-corrected chi connectivity index (χ4v) is 4.51. The third-order valence-corrected chi connectivity index (χ3v) is 6.07. The second-order valence-electron chi connectivity index (χ2n) is 7.93. The third-order valence-electron chi connectivity index (χ3n) is 5.82. The van der Waals surface area contributed by atoms with Crippen molar-refractivity contribution in [1.29, 1.82) is 0 Å². The fraction of sp³-hybridized carbons (Fsp3) is 0.167. The highest BCUT2D eigenvalue weighted by Crippen LogP contribution is 2.50. The van der Waals surface area contributed by atoms with Crippen molar-refractivity contribution >= 4 is 29.2 Å². The molecule has 3 aromatic rings. The lowest BCUT2D eigenvalue weighted by Crippen LogP contribution is -2.67. The number of halogens is 3. The van der Waals surface area contributed by atoms with Crippen LogP contribution in [0.5, 0.6) is 5.75 Å². The summed E-state index contributed by atoms with van der Waals surface area (Å²) in [5.41, 5.74) is -0.522. The van der Waals surface area contributed by atoms with Crippen molar-refractivity contribution in [3.8, 4) is 5.75 Å². The average Bonchev–Trinajstić information content (AvgIpc) is 2.75. The van der Waals surface area contributed by atoms with Gasteiger partial charge in [0.1, 0.15) is 17.4 Å². The number of carbonyl (C=O) groups excluding carboxylic acids is 2. The van der Waals surface area contributed by atoms with E-state index in [-0.39, 0.29) is 17.7 Å². The molecule has 8 heteroatoms. The molecule has 3 amide bonds. The van der Waals surface area contributed by atoms with Crippen LogP contribution < -0.4 is 9.64 Å². The van der Waals surface area contributed by atoms with Crippen LogP contribution in [0.15, 0.2) is 66.7 Å². The Labute approximate surface area is 187 Å². The zero-order chi connectivity index (χ0) is 22.6. The molecule has 5 nitrogen and oxygen atoms in total. The number of nitrogens with zero attached hydrogens (tertiary/aromatic N) is 2. The highest BCUT2D eigenvalue weighted by Gasteiger charge is 2.55. The maximum Gasteiger partial charge on any atom is 0.335 e. The lowest BCUT2D eigenvalue weighted by Gasteiger charge is -2.53. The number of benzene rings is 3. The van der Waals surface area contributed by atoms with Crippen molar-refractivity contribution in [3.63, 3.8) is 0 Å². The monoisotopic (exact) mass is 454 g/mol. The van der Waals surface area contributed by atoms with Crippen molar-refractivity contribution in [2.24, 2.45) is 0 Å². The van der Waals surface area contributed by atoms with E-state index in [1.165, 1.54) is 18.2 Å². The van der Waals surface area contributed by atoms with Crippen molar-refractivity contribution in [2.45, 2.75) is 25.1 Å². The van der Waals surface area contributed by atoms with Gasteiger partial charge in [0.05, 0.1) is 11.7 Å². The van der Waals surface area contributed by atoms with Crippen LogP contribution in [-0.4, -0.2) is 22.6 Å². The molecule has 0 radical (unpaired) electrons. The summed E-state index contributed by atoms with van der Waals surface area (Å²) < 4.78 is 34.5. The Morgan fingerprint density at radius 3 is 2.53 bits per heavy atom. The Bertz CT molecular complexity index is 1250. The van der Waals surface area contributed by atoms with E-state index in [9.17, 15) is 18.4 Å². The van der Waals surface area contributed by atoms with Gasteiger partial charge in [0.25, 0.3) is 5.91 Å². The molecule has 2 heterocycles. The summed E-state index contributed by atoms with van der Waals surface area (Å²) in [7, 11) is 0. The predicted octanol–water partition coefficient (Wildman–Crippen LogP) is 5.94. The summed E-state index contributed by atoms with van der Waals surface area (Å²) in [4.78, 5) is 29.4. The van der Waals surface area contributed by atoms with Gasteiger partial charge in [0.2, 0.25) is 0 Å². The second-order valence-corrected chi connectivity index (χ2v) is 8.37. The predicted molar refractivity (Wildman–Crippen MR) is 115 cm³/mol. The van der Waals surface area contributed by atoms with Gasteiger partial charge in [-0.25, -0.2) is 13.6 Å². The number of amides is 3. The molecular weight excluding hydrogens is 438 g/mol. The van der Waals surface area contributed by atoms with Gasteiger partial charge in [-0.2, -0.15) is 0 Å². The van der Waals surface area contributed by atoms with E-state index in [1.54, 1.807) is 43.3 Å². The van der Waals surface area contributed by atoms with Crippen molar-refractivity contribution < 1.29 is 23.1 Å². The van der Waals surface area contributed by atoms with Gasteiger partial charge >= 0.3 is 6.03 Å². The smallest absolute Gasteiger partial charge is 0.335 e. The zero-order valence-corrected chi connectivity index (χ0v) is 17.6. The highest BCUT2D eigenvalue weighted by atomic mass is 35.5. The van der Waals surface area contributed by atoms with Gasteiger partial charge in [-0.3, -0.25) is 14.6 Å². The summed E-state index contributed by atoms with van der Waals surface area (Å²) in [6.07, 6.45) is 0.200. The number of imide groups is 1. The Kier molecular flexibility index (Phi) is 4.67. The summed E-state index contributed by atoms with van der Waals surface area (Å²) in [6.45, 7) is 1.65. The molecule has 2 aliphatic rings. The Hall–Kier alpha value is -3.45. The number of hydrogen-bond acceptors (Lipinski definition) is 3. The minimum Gasteiger partial charge on any atom is -0.467 e. The molecule has 3 aromatic carbocycles. The number of urea groups is 1. The number of fused-ring (bicyclic) bond motifs is 4. The van der Waals surface area contributed by atoms with Crippen molar-refractivity contribution in [1.82, 2.24) is 4.90 Å². The Morgan fingerprint density at radius 1 is 1.09 bits per heavy atom. The van der Waals surface area contributed by atoms with E-state index < -0.39 is 35.3 Å². The van der Waals surface area contributed by atoms with Gasteiger partial charge in [-0.1, -0.05) is 29.8 Å². The Morgan fingerprint density at radius 2 is 1.81 bits per heavy atom. The first kappa shape index (κ1) is 20.5. The molecule has 5 rings (SSSR count). The fourth-order valence-electron chi connectivity index (χ4n) is 4.39. The molecule has 1 fully saturated rings. The van der Waals surface area contributed by atoms with Gasteiger partial charge in [-0.15, -0.1) is 0 Å². The van der Waals surface area contributed by atoms with E-state index in [0.29, 0.717) is 22.4 Å². The summed E-state index contributed by atoms with van der Waals surface area (Å²) >= 11 is 5.94. The largest absolute Gasteiger partial charge is 0.467 e. The SMILES string of the molecule is CC12CC(c3ccccc3O1)N(C(=O)c1ccc(Cl)cc1)C(=O)N2c1ccc(F)cc1F. The number of carbonyl (C=O) groups is 2. The quantitative estimate of drug-likeness (QED) is 0.481. The zero-order valence-electron chi connectivity index (χ0n) is 16.9. The maximum atomic E-state index is 14.8. The molecular formula is C24H17ClF2N2O3. The second kappa shape index (κ2) is 7.31. The first-order valence-corrected chi connectivity index (χ1v) is 10.3. The first-order chi connectivity index (χ1) is 15.3. The van der Waals surface area contributed by atoms with Crippen LogP contribution in [0.2, 0.25) is 5.02 Å². The topological polar surface area (TPSA) is 49.9 Å². The summed E-state index contributed by atoms with van der Waals surface area (Å²) in [5.74, 6) is -1.77. The summed E-state index contributed by atoms with van der Waals surface area (Å²) in [5, 5.41) is 0.450. The molecule has 2 aliphatic heterocycles. The number of anilines is 1. The minimum atomic E-state index is -1.29. The van der Waals surface area contributed by atoms with Crippen LogP contribution in [0.1, 0.15) is 35.3 Å². The number of hydrogen-bond donors (Lipinski definition) is 0. The van der Waals surface area contributed by atoms with Crippen molar-refractivity contribution in [3.05, 3.63) is 94.5 Å². The summed E-state index contributed by atoms with van der Waals surface area (Å²) in [6, 6.07) is 14.8. The van der Waals surface area contributed by atoms with E-state index in [4.69, 9.17) is 16.3 Å². The minimum absolute atomic E-state index is 0.175. The van der Waals surface area contributed by atoms with Crippen LogP contribution in [0.25, 0.3) is 0 Å². The van der Waals surface area contributed by atoms with E-state index in [2.05, 4.69) is 0 Å². The highest BCUT2D eigenvalue weighted by molar-refractivity contribution is 6.30. The third kappa shape index (κ3) is 3.12. The van der Waals surface area contributed by atoms with Gasteiger partial charge in [-0.05, 0) is 49.4 Å². The molecule has 0 saturated carbocycles. The molecule has 0 N–H and O–H groups in total. The van der Waals surface area contributed by atoms with Crippen LogP contribution in [0.3, 0.4) is 0 Å². The van der Waals surface area contributed by atoms with Crippen molar-refractivity contribution in [2.75, 3.05) is 4.90 Å². The van der Waals surface area contributed by atoms with Crippen LogP contribution >= 0.6 is 11.6 Å². The van der Waals surface area contributed by atoms with Gasteiger partial charge < -0.3 is 4.74 Å². The molecule has 32 heavy (non-hydrogen) atoms. The molecule has 0 spiro atoms. The van der Waals surface area contributed by atoms with E-state index in [0.717, 1.165) is 15.9 Å². The molecule has 2 atom stereocenters. The lowest BCUT2D eigenvalue weighted by atomic mass is 9.88. The van der Waals surface area contributed by atoms with Gasteiger partial charge in [0, 0.05) is 28.6 Å². The molecule has 2 unspecified atom stereocenters. The van der Waals surface area contributed by atoms with E-state index >= 15 is 0 Å². The number of para-hydroxylation sites is 1. The standard InChI is InChI=1S/C24H17ClF2N2O3/c1-24-13-20(17-4-2-3-5-21(17)32-24)28(22(30)14-6-8-15(25)9-7-14)23(31)29(24)19-11-10-16(26)12-18(19)27/h2-12,20H,13H2,1H3. The first-order valence-electron chi connectivity index (χ1n) is 9.95. The molecule has 0 aromatic heterocycles. The molecule has 1 saturated heterocycles. The van der Waals surface area contributed by atoms with Crippen LogP contribution in [0, 0.1) is 11.6 Å². The van der Waals surface area contributed by atoms with Crippen LogP contribution in [0.4, 0.5) is 19.3 Å². The molecule has 2 bridgehead atoms. The normalized spacial score (nSPS) is 21.8. The number of ether oxygens (including phenoxy) is 1. The lowest BCUT2D eigenvalue weighted by molar-refractivity contribution is 0.00225. The maximum absolute atomic E-state index is 14.8. The Balaban J connectivity index is 1.68. The van der Waals surface area contributed by atoms with Crippen LogP contribution in [-0.2, 0) is 0 Å². The average molecular weight is 455 g/mol. The number of rotatable bonds is 2. The van der Waals surface area contributed by atoms with E-state index in [1.807, 2.05) is 0 Å².